The van der Waals surface area contributed by atoms with Crippen molar-refractivity contribution in [1.29, 1.82) is 0 Å². The van der Waals surface area contributed by atoms with Gasteiger partial charge in [0.25, 0.3) is 0 Å². The minimum absolute atomic E-state index is 0.0352. The quantitative estimate of drug-likeness (QED) is 0.523. The van der Waals surface area contributed by atoms with Crippen LogP contribution in [0.3, 0.4) is 0 Å². The first kappa shape index (κ1) is 16.6. The number of aromatic nitrogens is 2. The number of hydrogen-bond acceptors (Lipinski definition) is 5. The van der Waals surface area contributed by atoms with E-state index < -0.39 is 25.9 Å². The van der Waals surface area contributed by atoms with Crippen LogP contribution < -0.4 is 5.73 Å². The molecule has 8 nitrogen and oxygen atoms in total. The second kappa shape index (κ2) is 6.58. The Labute approximate surface area is 127 Å². The largest absolute Gasteiger partial charge is 0.465 e. The van der Waals surface area contributed by atoms with E-state index in [4.69, 9.17) is 10.5 Å². The Bertz CT molecular complexity index is 724. The van der Waals surface area contributed by atoms with Crippen molar-refractivity contribution >= 4 is 24.6 Å². The van der Waals surface area contributed by atoms with E-state index >= 15 is 0 Å². The molecule has 0 aliphatic heterocycles. The van der Waals surface area contributed by atoms with Crippen molar-refractivity contribution in [1.82, 2.24) is 9.55 Å². The van der Waals surface area contributed by atoms with Gasteiger partial charge in [0.1, 0.15) is 18.2 Å². The lowest BCUT2D eigenvalue weighted by atomic mass is 10.2. The molecule has 22 heavy (non-hydrogen) atoms. The van der Waals surface area contributed by atoms with Gasteiger partial charge in [0, 0.05) is 6.42 Å². The Morgan fingerprint density at radius 2 is 2.14 bits per heavy atom. The number of carbonyl (C=O) groups excluding carboxylic acids is 1. The lowest BCUT2D eigenvalue weighted by Gasteiger charge is -2.13. The fraction of sp³-hybridized carbons (Fsp3) is 0.385. The van der Waals surface area contributed by atoms with Gasteiger partial charge in [-0.15, -0.1) is 0 Å². The van der Waals surface area contributed by atoms with Crippen molar-refractivity contribution in [2.45, 2.75) is 25.7 Å². The van der Waals surface area contributed by atoms with Crippen molar-refractivity contribution in [3.63, 3.8) is 0 Å². The van der Waals surface area contributed by atoms with E-state index in [1.165, 1.54) is 4.57 Å². The van der Waals surface area contributed by atoms with Gasteiger partial charge >= 0.3 is 13.6 Å². The number of ether oxygens (including phenoxy) is 1. The van der Waals surface area contributed by atoms with Crippen LogP contribution in [-0.4, -0.2) is 38.0 Å². The van der Waals surface area contributed by atoms with E-state index in [-0.39, 0.29) is 13.0 Å². The number of nitrogens with two attached hydrogens (primary N) is 1. The molecule has 0 bridgehead atoms. The van der Waals surface area contributed by atoms with Crippen LogP contribution in [0.1, 0.15) is 12.7 Å². The molecule has 120 valence electrons. The third-order valence-corrected chi connectivity index (χ3v) is 3.70. The highest BCUT2D eigenvalue weighted by Crippen LogP contribution is 2.38. The minimum atomic E-state index is -4.30. The van der Waals surface area contributed by atoms with E-state index in [0.29, 0.717) is 16.9 Å². The van der Waals surface area contributed by atoms with Gasteiger partial charge in [0.05, 0.1) is 17.6 Å². The second-order valence-electron chi connectivity index (χ2n) is 4.81. The second-order valence-corrected chi connectivity index (χ2v) is 6.43. The summed E-state index contributed by atoms with van der Waals surface area (Å²) in [5.74, 6) is -0.234. The Kier molecular flexibility index (Phi) is 4.97. The minimum Gasteiger partial charge on any atom is -0.465 e. The molecule has 0 amide bonds. The third-order valence-electron chi connectivity index (χ3n) is 3.05. The highest BCUT2D eigenvalue weighted by Gasteiger charge is 2.23. The summed E-state index contributed by atoms with van der Waals surface area (Å²) in [6.45, 7) is 1.89. The molecule has 0 fully saturated rings. The average Bonchev–Trinajstić information content (AvgIpc) is 2.75. The first-order valence-corrected chi connectivity index (χ1v) is 8.52. The number of rotatable bonds is 6. The number of fused-ring (bicyclic) bond motifs is 1. The summed E-state index contributed by atoms with van der Waals surface area (Å²) in [7, 11) is -4.30. The van der Waals surface area contributed by atoms with Gasteiger partial charge in [-0.25, -0.2) is 4.98 Å². The number of para-hydroxylation sites is 2. The number of hydrogen-bond donors (Lipinski definition) is 3. The maximum atomic E-state index is 11.6. The summed E-state index contributed by atoms with van der Waals surface area (Å²) in [5, 5.41) is 0. The molecule has 1 aromatic heterocycles. The van der Waals surface area contributed by atoms with Crippen LogP contribution in [0.4, 0.5) is 0 Å². The summed E-state index contributed by atoms with van der Waals surface area (Å²) in [6, 6.07) is 6.01. The van der Waals surface area contributed by atoms with Crippen molar-refractivity contribution in [2.24, 2.45) is 5.73 Å². The van der Waals surface area contributed by atoms with Gasteiger partial charge in [0.2, 0.25) is 0 Å². The van der Waals surface area contributed by atoms with Gasteiger partial charge in [-0.1, -0.05) is 12.1 Å². The zero-order chi connectivity index (χ0) is 16.3. The molecule has 1 aromatic carbocycles. The summed E-state index contributed by atoms with van der Waals surface area (Å²) < 4.78 is 17.6. The van der Waals surface area contributed by atoms with Crippen molar-refractivity contribution in [3.05, 3.63) is 30.1 Å². The van der Waals surface area contributed by atoms with Crippen LogP contribution >= 0.6 is 7.60 Å². The van der Waals surface area contributed by atoms with Crippen LogP contribution in [0.5, 0.6) is 0 Å². The smallest absolute Gasteiger partial charge is 0.345 e. The number of benzene rings is 1. The molecule has 1 heterocycles. The van der Waals surface area contributed by atoms with Gasteiger partial charge in [0.15, 0.2) is 0 Å². The van der Waals surface area contributed by atoms with Crippen molar-refractivity contribution in [2.75, 3.05) is 6.61 Å². The SMILES string of the molecule is CCOC(=O)C(N)Cc1nc2ccccc2n1CP(=O)(O)O. The Morgan fingerprint density at radius 1 is 1.45 bits per heavy atom. The molecule has 0 aliphatic rings. The number of imidazole rings is 1. The number of nitrogens with zero attached hydrogens (tertiary/aromatic N) is 2. The van der Waals surface area contributed by atoms with E-state index in [9.17, 15) is 19.1 Å². The van der Waals surface area contributed by atoms with Crippen LogP contribution in [0.15, 0.2) is 24.3 Å². The predicted molar refractivity (Wildman–Crippen MR) is 80.1 cm³/mol. The molecule has 0 aliphatic carbocycles. The molecular weight excluding hydrogens is 309 g/mol. The Morgan fingerprint density at radius 3 is 2.77 bits per heavy atom. The molecular formula is C13H18N3O5P. The van der Waals surface area contributed by atoms with Gasteiger partial charge in [-0.3, -0.25) is 9.36 Å². The van der Waals surface area contributed by atoms with E-state index in [0.717, 1.165) is 0 Å². The van der Waals surface area contributed by atoms with Gasteiger partial charge in [-0.2, -0.15) is 0 Å². The van der Waals surface area contributed by atoms with Crippen LogP contribution in [0.25, 0.3) is 11.0 Å². The Hall–Kier alpha value is -1.73. The molecule has 0 saturated carbocycles. The van der Waals surface area contributed by atoms with E-state index in [1.54, 1.807) is 31.2 Å². The zero-order valence-electron chi connectivity index (χ0n) is 12.0. The Balaban J connectivity index is 2.37. The van der Waals surface area contributed by atoms with Gasteiger partial charge in [-0.05, 0) is 19.1 Å². The molecule has 4 N–H and O–H groups in total. The topological polar surface area (TPSA) is 128 Å². The molecule has 0 radical (unpaired) electrons. The van der Waals surface area contributed by atoms with Gasteiger partial charge < -0.3 is 24.8 Å². The molecule has 1 atom stereocenters. The molecule has 1 unspecified atom stereocenters. The number of carbonyl (C=O) groups is 1. The van der Waals surface area contributed by atoms with E-state index in [2.05, 4.69) is 4.98 Å². The maximum Gasteiger partial charge on any atom is 0.345 e. The molecule has 0 saturated heterocycles. The van der Waals surface area contributed by atoms with E-state index in [1.807, 2.05) is 0 Å². The molecule has 0 spiro atoms. The van der Waals surface area contributed by atoms with Crippen molar-refractivity contribution in [3.8, 4) is 0 Å². The summed E-state index contributed by atoms with van der Waals surface area (Å²) in [4.78, 5) is 34.4. The van der Waals surface area contributed by atoms with Crippen molar-refractivity contribution < 1.29 is 23.9 Å². The first-order valence-electron chi connectivity index (χ1n) is 6.72. The first-order chi connectivity index (χ1) is 10.3. The summed E-state index contributed by atoms with van der Waals surface area (Å²) >= 11 is 0. The maximum absolute atomic E-state index is 11.6. The summed E-state index contributed by atoms with van der Waals surface area (Å²) in [5.41, 5.74) is 6.93. The lowest BCUT2D eigenvalue weighted by Crippen LogP contribution is -2.35. The molecule has 9 heteroatoms. The third kappa shape index (κ3) is 3.92. The highest BCUT2D eigenvalue weighted by molar-refractivity contribution is 7.50. The standard InChI is InChI=1S/C13H18N3O5P/c1-2-21-13(17)9(14)7-12-15-10-5-3-4-6-11(10)16(12)8-22(18,19)20/h3-6,9H,2,7-8,14H2,1H3,(H2,18,19,20). The van der Waals surface area contributed by atoms with Crippen LogP contribution in [0.2, 0.25) is 0 Å². The lowest BCUT2D eigenvalue weighted by molar-refractivity contribution is -0.144. The fourth-order valence-electron chi connectivity index (χ4n) is 2.15. The molecule has 2 aromatic rings. The van der Waals surface area contributed by atoms with Crippen LogP contribution in [0, 0.1) is 0 Å². The monoisotopic (exact) mass is 327 g/mol. The average molecular weight is 327 g/mol. The predicted octanol–water partition coefficient (Wildman–Crippen LogP) is 0.604. The normalized spacial score (nSPS) is 13.3. The zero-order valence-corrected chi connectivity index (χ0v) is 12.9. The summed E-state index contributed by atoms with van der Waals surface area (Å²) in [6.07, 6.45) is -0.480. The number of esters is 1. The van der Waals surface area contributed by atoms with Crippen LogP contribution in [-0.2, 0) is 26.8 Å². The highest BCUT2D eigenvalue weighted by atomic mass is 31.2. The molecule has 2 rings (SSSR count). The fourth-order valence-corrected chi connectivity index (χ4v) is 2.84.